The fourth-order valence-electron chi connectivity index (χ4n) is 2.68. The number of benzene rings is 2. The Labute approximate surface area is 159 Å². The molecule has 0 aliphatic rings. The van der Waals surface area contributed by atoms with Crippen LogP contribution in [0.3, 0.4) is 0 Å². The minimum absolute atomic E-state index is 0.0310. The highest BCUT2D eigenvalue weighted by Crippen LogP contribution is 2.31. The predicted molar refractivity (Wildman–Crippen MR) is 102 cm³/mol. The van der Waals surface area contributed by atoms with Crippen molar-refractivity contribution in [1.29, 1.82) is 0 Å². The molecule has 0 saturated carbocycles. The van der Waals surface area contributed by atoms with Crippen LogP contribution in [0, 0.1) is 0 Å². The number of methoxy groups -OCH3 is 1. The van der Waals surface area contributed by atoms with Gasteiger partial charge >= 0.3 is 5.97 Å². The van der Waals surface area contributed by atoms with E-state index in [-0.39, 0.29) is 30.0 Å². The fourth-order valence-corrected chi connectivity index (χ4v) is 2.68. The molecule has 2 rings (SSSR count). The molecule has 2 aromatic carbocycles. The van der Waals surface area contributed by atoms with Crippen molar-refractivity contribution < 1.29 is 24.2 Å². The molecular weight excluding hydrogens is 346 g/mol. The summed E-state index contributed by atoms with van der Waals surface area (Å²) in [4.78, 5) is 23.4. The van der Waals surface area contributed by atoms with Gasteiger partial charge in [-0.05, 0) is 56.2 Å². The van der Waals surface area contributed by atoms with Crippen molar-refractivity contribution in [3.8, 4) is 11.5 Å². The number of aromatic carboxylic acids is 1. The maximum atomic E-state index is 12.3. The number of hydrogen-bond donors (Lipinski definition) is 2. The smallest absolute Gasteiger partial charge is 0.335 e. The molecule has 0 radical (unpaired) electrons. The van der Waals surface area contributed by atoms with Crippen LogP contribution in [0.25, 0.3) is 0 Å². The predicted octanol–water partition coefficient (Wildman–Crippen LogP) is 3.60. The van der Waals surface area contributed by atoms with E-state index < -0.39 is 5.97 Å². The number of carboxylic acids is 1. The highest BCUT2D eigenvalue weighted by molar-refractivity contribution is 5.88. The Morgan fingerprint density at radius 2 is 1.81 bits per heavy atom. The SMILES string of the molecule is COc1cc(C(C)NC(=O)Cc2cccc(C(=O)O)c2)ccc1OC(C)C. The second-order valence-corrected chi connectivity index (χ2v) is 6.55. The first kappa shape index (κ1) is 20.3. The van der Waals surface area contributed by atoms with Crippen LogP contribution in [0.2, 0.25) is 0 Å². The van der Waals surface area contributed by atoms with Gasteiger partial charge in [0, 0.05) is 0 Å². The van der Waals surface area contributed by atoms with Crippen molar-refractivity contribution in [2.45, 2.75) is 39.3 Å². The van der Waals surface area contributed by atoms with Gasteiger partial charge in [-0.1, -0.05) is 18.2 Å². The number of carbonyl (C=O) groups excluding carboxylic acids is 1. The van der Waals surface area contributed by atoms with Crippen molar-refractivity contribution in [2.24, 2.45) is 0 Å². The van der Waals surface area contributed by atoms with Crippen LogP contribution in [-0.4, -0.2) is 30.2 Å². The number of rotatable bonds is 8. The van der Waals surface area contributed by atoms with E-state index in [0.29, 0.717) is 17.1 Å². The van der Waals surface area contributed by atoms with Crippen LogP contribution < -0.4 is 14.8 Å². The third kappa shape index (κ3) is 5.74. The second-order valence-electron chi connectivity index (χ2n) is 6.55. The average Bonchev–Trinajstić information content (AvgIpc) is 2.61. The van der Waals surface area contributed by atoms with Gasteiger partial charge in [-0.15, -0.1) is 0 Å². The first-order chi connectivity index (χ1) is 12.8. The number of nitrogens with one attached hydrogen (secondary N) is 1. The molecule has 0 aliphatic heterocycles. The van der Waals surface area contributed by atoms with Crippen molar-refractivity contribution in [3.05, 3.63) is 59.2 Å². The molecule has 2 N–H and O–H groups in total. The summed E-state index contributed by atoms with van der Waals surface area (Å²) < 4.78 is 11.1. The molecule has 1 unspecified atom stereocenters. The van der Waals surface area contributed by atoms with Crippen LogP contribution in [0.4, 0.5) is 0 Å². The molecule has 6 heteroatoms. The molecule has 0 aliphatic carbocycles. The Hall–Kier alpha value is -3.02. The minimum Gasteiger partial charge on any atom is -0.493 e. The van der Waals surface area contributed by atoms with Gasteiger partial charge in [-0.25, -0.2) is 4.79 Å². The van der Waals surface area contributed by atoms with E-state index in [1.807, 2.05) is 39.0 Å². The van der Waals surface area contributed by atoms with Crippen LogP contribution in [-0.2, 0) is 11.2 Å². The van der Waals surface area contributed by atoms with Crippen LogP contribution in [0.15, 0.2) is 42.5 Å². The molecule has 0 fully saturated rings. The molecule has 1 atom stereocenters. The zero-order valence-corrected chi connectivity index (χ0v) is 16.0. The van der Waals surface area contributed by atoms with Crippen LogP contribution >= 0.6 is 0 Å². The normalized spacial score (nSPS) is 11.7. The third-order valence-electron chi connectivity index (χ3n) is 3.97. The molecule has 0 aromatic heterocycles. The second kappa shape index (κ2) is 9.07. The summed E-state index contributed by atoms with van der Waals surface area (Å²) in [6.07, 6.45) is 0.139. The summed E-state index contributed by atoms with van der Waals surface area (Å²) in [5.74, 6) is 0.0599. The van der Waals surface area contributed by atoms with Crippen molar-refractivity contribution in [2.75, 3.05) is 7.11 Å². The zero-order valence-electron chi connectivity index (χ0n) is 16.0. The first-order valence-electron chi connectivity index (χ1n) is 8.76. The van der Waals surface area contributed by atoms with Crippen molar-refractivity contribution in [3.63, 3.8) is 0 Å². The molecule has 0 spiro atoms. The van der Waals surface area contributed by atoms with E-state index in [1.165, 1.54) is 12.1 Å². The largest absolute Gasteiger partial charge is 0.493 e. The Morgan fingerprint density at radius 3 is 2.44 bits per heavy atom. The Balaban J connectivity index is 2.05. The molecule has 2 aromatic rings. The molecule has 27 heavy (non-hydrogen) atoms. The van der Waals surface area contributed by atoms with Gasteiger partial charge in [0.15, 0.2) is 11.5 Å². The topological polar surface area (TPSA) is 84.9 Å². The van der Waals surface area contributed by atoms with E-state index >= 15 is 0 Å². The van der Waals surface area contributed by atoms with Crippen LogP contribution in [0.1, 0.15) is 48.3 Å². The van der Waals surface area contributed by atoms with Gasteiger partial charge in [0.2, 0.25) is 5.91 Å². The van der Waals surface area contributed by atoms with Gasteiger partial charge in [0.1, 0.15) is 0 Å². The molecule has 0 bridgehead atoms. The Morgan fingerprint density at radius 1 is 1.07 bits per heavy atom. The number of amides is 1. The van der Waals surface area contributed by atoms with Gasteiger partial charge in [-0.3, -0.25) is 4.79 Å². The fraction of sp³-hybridized carbons (Fsp3) is 0.333. The summed E-state index contributed by atoms with van der Waals surface area (Å²) in [6.45, 7) is 5.76. The summed E-state index contributed by atoms with van der Waals surface area (Å²) in [6, 6.07) is 11.7. The van der Waals surface area contributed by atoms with E-state index in [0.717, 1.165) is 5.56 Å². The lowest BCUT2D eigenvalue weighted by Crippen LogP contribution is -2.28. The Bertz CT molecular complexity index is 816. The minimum atomic E-state index is -1.01. The molecule has 1 amide bonds. The zero-order chi connectivity index (χ0) is 20.0. The van der Waals surface area contributed by atoms with E-state index in [4.69, 9.17) is 14.6 Å². The van der Waals surface area contributed by atoms with E-state index in [1.54, 1.807) is 19.2 Å². The standard InChI is InChI=1S/C21H25NO5/c1-13(2)27-18-9-8-16(12-19(18)26-4)14(3)22-20(23)11-15-6-5-7-17(10-15)21(24)25/h5-10,12-14H,11H2,1-4H3,(H,22,23)(H,24,25). The lowest BCUT2D eigenvalue weighted by Gasteiger charge is -2.18. The number of ether oxygens (including phenoxy) is 2. The average molecular weight is 371 g/mol. The summed E-state index contributed by atoms with van der Waals surface area (Å²) in [5.41, 5.74) is 1.70. The van der Waals surface area contributed by atoms with E-state index in [9.17, 15) is 9.59 Å². The van der Waals surface area contributed by atoms with Crippen molar-refractivity contribution >= 4 is 11.9 Å². The third-order valence-corrected chi connectivity index (χ3v) is 3.97. The molecule has 0 saturated heterocycles. The van der Waals surface area contributed by atoms with Gasteiger partial charge < -0.3 is 19.9 Å². The molecule has 144 valence electrons. The van der Waals surface area contributed by atoms with E-state index in [2.05, 4.69) is 5.32 Å². The van der Waals surface area contributed by atoms with Gasteiger partial charge in [0.25, 0.3) is 0 Å². The number of carboxylic acid groups (broad SMARTS) is 1. The molecule has 6 nitrogen and oxygen atoms in total. The highest BCUT2D eigenvalue weighted by Gasteiger charge is 2.14. The summed E-state index contributed by atoms with van der Waals surface area (Å²) in [7, 11) is 1.57. The highest BCUT2D eigenvalue weighted by atomic mass is 16.5. The molecule has 0 heterocycles. The monoisotopic (exact) mass is 371 g/mol. The summed E-state index contributed by atoms with van der Waals surface area (Å²) in [5, 5.41) is 12.0. The maximum Gasteiger partial charge on any atom is 0.335 e. The van der Waals surface area contributed by atoms with Crippen molar-refractivity contribution in [1.82, 2.24) is 5.32 Å². The maximum absolute atomic E-state index is 12.3. The quantitative estimate of drug-likeness (QED) is 0.741. The first-order valence-corrected chi connectivity index (χ1v) is 8.76. The summed E-state index contributed by atoms with van der Waals surface area (Å²) >= 11 is 0. The lowest BCUT2D eigenvalue weighted by molar-refractivity contribution is -0.121. The number of hydrogen-bond acceptors (Lipinski definition) is 4. The van der Waals surface area contributed by atoms with Gasteiger partial charge in [-0.2, -0.15) is 0 Å². The number of carbonyl (C=O) groups is 2. The Kier molecular flexibility index (Phi) is 6.82. The van der Waals surface area contributed by atoms with Gasteiger partial charge in [0.05, 0.1) is 31.2 Å². The molecular formula is C21H25NO5. The van der Waals surface area contributed by atoms with Crippen LogP contribution in [0.5, 0.6) is 11.5 Å². The lowest BCUT2D eigenvalue weighted by atomic mass is 10.1.